The molecule has 0 saturated heterocycles. The highest BCUT2D eigenvalue weighted by Gasteiger charge is 2.35. The molecular formula is C19H23FN2O4. The van der Waals surface area contributed by atoms with Gasteiger partial charge in [0.05, 0.1) is 18.7 Å². The standard InChI is InChI=1S/C19H23FN2O4/c1-2-25-18(23)8-9-22(12-13-6-7-13)19(24)17-11-16(21-26-17)14-4-3-5-15(20)10-14/h3-5,10,13,17H,2,6-9,11-12H2,1H3/t17-/m0/s1. The van der Waals surface area contributed by atoms with Gasteiger partial charge in [-0.15, -0.1) is 0 Å². The van der Waals surface area contributed by atoms with Crippen LogP contribution in [0.25, 0.3) is 0 Å². The molecule has 26 heavy (non-hydrogen) atoms. The van der Waals surface area contributed by atoms with Crippen molar-refractivity contribution in [1.82, 2.24) is 4.90 Å². The van der Waals surface area contributed by atoms with Crippen LogP contribution in [0.4, 0.5) is 4.39 Å². The molecule has 1 aromatic carbocycles. The molecule has 0 spiro atoms. The number of oxime groups is 1. The Balaban J connectivity index is 1.59. The summed E-state index contributed by atoms with van der Waals surface area (Å²) in [5.41, 5.74) is 1.17. The van der Waals surface area contributed by atoms with E-state index in [1.165, 1.54) is 12.1 Å². The largest absolute Gasteiger partial charge is 0.466 e. The van der Waals surface area contributed by atoms with Crippen molar-refractivity contribution in [3.8, 4) is 0 Å². The van der Waals surface area contributed by atoms with E-state index in [0.29, 0.717) is 43.3 Å². The molecule has 140 valence electrons. The maximum atomic E-state index is 13.4. The van der Waals surface area contributed by atoms with E-state index in [2.05, 4.69) is 5.16 Å². The first-order valence-corrected chi connectivity index (χ1v) is 9.00. The lowest BCUT2D eigenvalue weighted by Crippen LogP contribution is -2.41. The Morgan fingerprint density at radius 1 is 1.38 bits per heavy atom. The SMILES string of the molecule is CCOC(=O)CCN(CC1CC1)C(=O)[C@@H]1CC(c2cccc(F)c2)=NO1. The third-order valence-electron chi connectivity index (χ3n) is 4.48. The highest BCUT2D eigenvalue weighted by Crippen LogP contribution is 2.30. The molecular weight excluding hydrogens is 339 g/mol. The van der Waals surface area contributed by atoms with Crippen LogP contribution in [0.15, 0.2) is 29.4 Å². The molecule has 2 aliphatic rings. The van der Waals surface area contributed by atoms with Gasteiger partial charge in [-0.1, -0.05) is 17.3 Å². The molecule has 1 aliphatic carbocycles. The van der Waals surface area contributed by atoms with E-state index >= 15 is 0 Å². The molecule has 0 bridgehead atoms. The highest BCUT2D eigenvalue weighted by molar-refractivity contribution is 6.04. The molecule has 1 fully saturated rings. The Bertz CT molecular complexity index is 703. The van der Waals surface area contributed by atoms with Crippen LogP contribution in [-0.2, 0) is 19.2 Å². The number of hydrogen-bond donors (Lipinski definition) is 0. The van der Waals surface area contributed by atoms with Gasteiger partial charge in [0, 0.05) is 25.1 Å². The monoisotopic (exact) mass is 362 g/mol. The fraction of sp³-hybridized carbons (Fsp3) is 0.526. The molecule has 1 aliphatic heterocycles. The lowest BCUT2D eigenvalue weighted by molar-refractivity contribution is -0.146. The molecule has 1 aromatic rings. The van der Waals surface area contributed by atoms with Crippen molar-refractivity contribution in [2.75, 3.05) is 19.7 Å². The number of carbonyl (C=O) groups excluding carboxylic acids is 2. The van der Waals surface area contributed by atoms with Crippen molar-refractivity contribution in [1.29, 1.82) is 0 Å². The van der Waals surface area contributed by atoms with Gasteiger partial charge in [0.25, 0.3) is 5.91 Å². The van der Waals surface area contributed by atoms with E-state index in [0.717, 1.165) is 12.8 Å². The summed E-state index contributed by atoms with van der Waals surface area (Å²) in [6, 6.07) is 6.06. The first kappa shape index (κ1) is 18.4. The number of benzene rings is 1. The van der Waals surface area contributed by atoms with Crippen molar-refractivity contribution >= 4 is 17.6 Å². The summed E-state index contributed by atoms with van der Waals surface area (Å²) in [6.07, 6.45) is 1.92. The van der Waals surface area contributed by atoms with Gasteiger partial charge < -0.3 is 14.5 Å². The van der Waals surface area contributed by atoms with Crippen molar-refractivity contribution in [2.24, 2.45) is 11.1 Å². The average molecular weight is 362 g/mol. The minimum atomic E-state index is -0.728. The molecule has 1 atom stereocenters. The fourth-order valence-electron chi connectivity index (χ4n) is 2.91. The summed E-state index contributed by atoms with van der Waals surface area (Å²) in [4.78, 5) is 31.4. The van der Waals surface area contributed by atoms with Gasteiger partial charge in [-0.3, -0.25) is 9.59 Å². The number of amides is 1. The Morgan fingerprint density at radius 3 is 2.88 bits per heavy atom. The molecule has 3 rings (SSSR count). The molecule has 6 nitrogen and oxygen atoms in total. The molecule has 7 heteroatoms. The average Bonchev–Trinajstić information content (AvgIpc) is 3.30. The number of ether oxygens (including phenoxy) is 1. The Labute approximate surface area is 151 Å². The van der Waals surface area contributed by atoms with Crippen molar-refractivity contribution in [2.45, 2.75) is 38.7 Å². The molecule has 1 amide bonds. The van der Waals surface area contributed by atoms with Gasteiger partial charge in [0.1, 0.15) is 5.82 Å². The molecule has 1 saturated carbocycles. The smallest absolute Gasteiger partial charge is 0.307 e. The highest BCUT2D eigenvalue weighted by atomic mass is 19.1. The van der Waals surface area contributed by atoms with Gasteiger partial charge in [-0.05, 0) is 37.8 Å². The summed E-state index contributed by atoms with van der Waals surface area (Å²) in [7, 11) is 0. The second-order valence-corrected chi connectivity index (χ2v) is 6.63. The second kappa shape index (κ2) is 8.29. The quantitative estimate of drug-likeness (QED) is 0.667. The van der Waals surface area contributed by atoms with E-state index in [-0.39, 0.29) is 24.1 Å². The van der Waals surface area contributed by atoms with Crippen LogP contribution in [0.2, 0.25) is 0 Å². The number of hydrogen-bond acceptors (Lipinski definition) is 5. The van der Waals surface area contributed by atoms with Crippen LogP contribution in [-0.4, -0.2) is 48.3 Å². The molecule has 0 N–H and O–H groups in total. The normalized spacial score (nSPS) is 18.8. The van der Waals surface area contributed by atoms with Crippen LogP contribution < -0.4 is 0 Å². The molecule has 0 radical (unpaired) electrons. The zero-order valence-corrected chi connectivity index (χ0v) is 14.8. The van der Waals surface area contributed by atoms with Crippen molar-refractivity contribution in [3.05, 3.63) is 35.6 Å². The third kappa shape index (κ3) is 4.80. The minimum absolute atomic E-state index is 0.163. The van der Waals surface area contributed by atoms with Gasteiger partial charge in [-0.25, -0.2) is 4.39 Å². The number of rotatable bonds is 8. The Hall–Kier alpha value is -2.44. The predicted octanol–water partition coefficient (Wildman–Crippen LogP) is 2.51. The second-order valence-electron chi connectivity index (χ2n) is 6.63. The first-order valence-electron chi connectivity index (χ1n) is 9.00. The van der Waals surface area contributed by atoms with Crippen LogP contribution in [0, 0.1) is 11.7 Å². The van der Waals surface area contributed by atoms with E-state index in [1.807, 2.05) is 0 Å². The topological polar surface area (TPSA) is 68.2 Å². The number of esters is 1. The Kier molecular flexibility index (Phi) is 5.85. The zero-order valence-electron chi connectivity index (χ0n) is 14.8. The first-order chi connectivity index (χ1) is 12.6. The summed E-state index contributed by atoms with van der Waals surface area (Å²) in [5, 5.41) is 3.96. The van der Waals surface area contributed by atoms with Crippen LogP contribution in [0.5, 0.6) is 0 Å². The summed E-state index contributed by atoms with van der Waals surface area (Å²) in [6.45, 7) is 3.01. The minimum Gasteiger partial charge on any atom is -0.466 e. The summed E-state index contributed by atoms with van der Waals surface area (Å²) < 4.78 is 18.3. The van der Waals surface area contributed by atoms with Gasteiger partial charge in [0.2, 0.25) is 6.10 Å². The van der Waals surface area contributed by atoms with Gasteiger partial charge in [-0.2, -0.15) is 0 Å². The molecule has 0 aromatic heterocycles. The molecule has 1 heterocycles. The maximum absolute atomic E-state index is 13.4. The molecule has 0 unspecified atom stereocenters. The number of carbonyl (C=O) groups is 2. The van der Waals surface area contributed by atoms with Crippen molar-refractivity contribution < 1.29 is 23.6 Å². The van der Waals surface area contributed by atoms with E-state index in [1.54, 1.807) is 24.0 Å². The van der Waals surface area contributed by atoms with Gasteiger partial charge >= 0.3 is 5.97 Å². The lowest BCUT2D eigenvalue weighted by atomic mass is 10.0. The van der Waals surface area contributed by atoms with Gasteiger partial charge in [0.15, 0.2) is 0 Å². The lowest BCUT2D eigenvalue weighted by Gasteiger charge is -2.24. The Morgan fingerprint density at radius 2 is 2.19 bits per heavy atom. The predicted molar refractivity (Wildman–Crippen MR) is 93.0 cm³/mol. The fourth-order valence-corrected chi connectivity index (χ4v) is 2.91. The van der Waals surface area contributed by atoms with Crippen LogP contribution in [0.1, 0.15) is 38.2 Å². The zero-order chi connectivity index (χ0) is 18.5. The van der Waals surface area contributed by atoms with E-state index in [4.69, 9.17) is 9.57 Å². The number of halogens is 1. The van der Waals surface area contributed by atoms with E-state index in [9.17, 15) is 14.0 Å². The van der Waals surface area contributed by atoms with Crippen molar-refractivity contribution in [3.63, 3.8) is 0 Å². The maximum Gasteiger partial charge on any atom is 0.307 e. The van der Waals surface area contributed by atoms with E-state index < -0.39 is 6.10 Å². The third-order valence-corrected chi connectivity index (χ3v) is 4.48. The van der Waals surface area contributed by atoms with Crippen LogP contribution in [0.3, 0.4) is 0 Å². The summed E-state index contributed by atoms with van der Waals surface area (Å²) >= 11 is 0. The number of nitrogens with zero attached hydrogens (tertiary/aromatic N) is 2. The van der Waals surface area contributed by atoms with Crippen LogP contribution >= 0.6 is 0 Å². The summed E-state index contributed by atoms with van der Waals surface area (Å²) in [5.74, 6) is -0.364.